The van der Waals surface area contributed by atoms with Gasteiger partial charge in [0.2, 0.25) is 0 Å². The number of ether oxygens (including phenoxy) is 1. The number of phosphoric ester groups is 2. The van der Waals surface area contributed by atoms with E-state index in [0.29, 0.717) is 0 Å². The summed E-state index contributed by atoms with van der Waals surface area (Å²) in [5.74, 6) is 0.0699. The first kappa shape index (κ1) is 25.5. The first-order valence-corrected chi connectivity index (χ1v) is 12.6. The van der Waals surface area contributed by atoms with Gasteiger partial charge in [0, 0.05) is 6.54 Å². The molecule has 9 atom stereocenters. The van der Waals surface area contributed by atoms with Crippen LogP contribution in [0.1, 0.15) is 6.23 Å². The van der Waals surface area contributed by atoms with Crippen molar-refractivity contribution in [2.24, 2.45) is 0 Å². The fourth-order valence-corrected chi connectivity index (χ4v) is 5.62. The van der Waals surface area contributed by atoms with Crippen molar-refractivity contribution in [1.82, 2.24) is 24.8 Å². The number of imidazole rings is 1. The number of aromatic nitrogens is 4. The molecule has 4 heterocycles. The number of aliphatic hydroxyl groups is 4. The van der Waals surface area contributed by atoms with Crippen LogP contribution in [-0.4, -0.2) is 99.6 Å². The second-order valence-corrected chi connectivity index (χ2v) is 10.4. The molecular formula is C14H22N6O12P2. The fraction of sp³-hybridized carbons (Fsp3) is 0.643. The molecule has 18 nitrogen and oxygen atoms in total. The van der Waals surface area contributed by atoms with Crippen LogP contribution in [0.15, 0.2) is 12.7 Å². The number of phosphoric acid groups is 2. The van der Waals surface area contributed by atoms with Gasteiger partial charge in [0.15, 0.2) is 17.7 Å². The zero-order chi connectivity index (χ0) is 24.8. The highest BCUT2D eigenvalue weighted by Gasteiger charge is 2.47. The number of nitrogens with zero attached hydrogens (tertiary/aromatic N) is 4. The molecular weight excluding hydrogens is 506 g/mol. The number of fused-ring (bicyclic) bond motifs is 1. The van der Waals surface area contributed by atoms with Gasteiger partial charge >= 0.3 is 15.6 Å². The molecule has 190 valence electrons. The Kier molecular flexibility index (Phi) is 7.07. The van der Waals surface area contributed by atoms with E-state index in [9.17, 15) is 39.3 Å². The molecule has 0 aliphatic carbocycles. The Bertz CT molecular complexity index is 1140. The van der Waals surface area contributed by atoms with Crippen molar-refractivity contribution in [1.29, 1.82) is 0 Å². The molecule has 2 fully saturated rings. The van der Waals surface area contributed by atoms with E-state index in [-0.39, 0.29) is 23.5 Å². The largest absolute Gasteiger partial charge is 0.482 e. The third-order valence-corrected chi connectivity index (χ3v) is 7.71. The van der Waals surface area contributed by atoms with Crippen LogP contribution in [0.25, 0.3) is 11.2 Å². The molecule has 0 amide bonds. The number of nitrogens with two attached hydrogens (primary N) is 1. The number of anilines is 1. The summed E-state index contributed by atoms with van der Waals surface area (Å²) in [6, 6.07) is 0. The summed E-state index contributed by atoms with van der Waals surface area (Å²) in [5.41, 5.74) is 6.12. The van der Waals surface area contributed by atoms with E-state index in [4.69, 9.17) is 10.5 Å². The summed E-state index contributed by atoms with van der Waals surface area (Å²) in [5, 5.41) is 42.1. The second-order valence-electron chi connectivity index (χ2n) is 7.44. The van der Waals surface area contributed by atoms with Gasteiger partial charge < -0.3 is 40.7 Å². The van der Waals surface area contributed by atoms with Crippen molar-refractivity contribution >= 4 is 32.6 Å². The molecule has 20 heteroatoms. The van der Waals surface area contributed by atoms with E-state index < -0.39 is 65.2 Å². The molecule has 0 spiro atoms. The van der Waals surface area contributed by atoms with E-state index in [1.54, 1.807) is 0 Å². The number of aliphatic hydroxyl groups excluding tert-OH is 4. The number of nitrogens with one attached hydrogen (secondary N) is 1. The number of β-amino-alcohol motifs (C(OH)–C–C–N with tert-alkyl or cyclic N) is 1. The van der Waals surface area contributed by atoms with Gasteiger partial charge in [-0.15, -0.1) is 0 Å². The van der Waals surface area contributed by atoms with E-state index >= 15 is 0 Å². The van der Waals surface area contributed by atoms with Gasteiger partial charge in [-0.05, 0) is 0 Å². The summed E-state index contributed by atoms with van der Waals surface area (Å²) in [6.45, 7) is -1.01. The third-order valence-electron chi connectivity index (χ3n) is 5.09. The normalized spacial score (nSPS) is 35.4. The second kappa shape index (κ2) is 9.44. The summed E-state index contributed by atoms with van der Waals surface area (Å²) in [6.07, 6.45) is -7.83. The van der Waals surface area contributed by atoms with E-state index in [1.165, 1.54) is 10.9 Å². The predicted molar refractivity (Wildman–Crippen MR) is 107 cm³/mol. The molecule has 0 radical (unpaired) electrons. The lowest BCUT2D eigenvalue weighted by Crippen LogP contribution is -2.34. The zero-order valence-electron chi connectivity index (χ0n) is 17.0. The molecule has 0 saturated carbocycles. The zero-order valence-corrected chi connectivity index (χ0v) is 18.8. The van der Waals surface area contributed by atoms with Crippen LogP contribution in [0.4, 0.5) is 5.82 Å². The number of hydrogen-bond acceptors (Lipinski definition) is 15. The average Bonchev–Trinajstić information content (AvgIpc) is 3.39. The highest BCUT2D eigenvalue weighted by molar-refractivity contribution is 7.61. The maximum absolute atomic E-state index is 12.1. The van der Waals surface area contributed by atoms with Gasteiger partial charge in [0.1, 0.15) is 42.5 Å². The predicted octanol–water partition coefficient (Wildman–Crippen LogP) is -3.07. The SMILES string of the molecule is Nc1ncnc2c1ncn2[C@@H]1O[C@H](COP(=O)(O)OP(=O)(O)OC2NCC(O)C2O)[C@@H](O)[C@H]1O. The van der Waals surface area contributed by atoms with Gasteiger partial charge in [-0.3, -0.25) is 18.9 Å². The van der Waals surface area contributed by atoms with Gasteiger partial charge in [0.25, 0.3) is 0 Å². The van der Waals surface area contributed by atoms with Gasteiger partial charge in [-0.25, -0.2) is 24.1 Å². The van der Waals surface area contributed by atoms with E-state index in [0.717, 1.165) is 6.33 Å². The first-order valence-electron chi connectivity index (χ1n) is 9.62. The van der Waals surface area contributed by atoms with Gasteiger partial charge in [-0.2, -0.15) is 4.31 Å². The molecule has 2 aliphatic rings. The highest BCUT2D eigenvalue weighted by Crippen LogP contribution is 2.61. The Labute approximate surface area is 190 Å². The Morgan fingerprint density at radius 3 is 2.53 bits per heavy atom. The molecule has 2 aromatic heterocycles. The summed E-state index contributed by atoms with van der Waals surface area (Å²) in [4.78, 5) is 31.3. The van der Waals surface area contributed by atoms with Crippen LogP contribution in [-0.2, 0) is 27.2 Å². The van der Waals surface area contributed by atoms with Crippen LogP contribution < -0.4 is 11.1 Å². The monoisotopic (exact) mass is 528 g/mol. The van der Waals surface area contributed by atoms with Crippen LogP contribution >= 0.6 is 15.6 Å². The Morgan fingerprint density at radius 1 is 1.12 bits per heavy atom. The van der Waals surface area contributed by atoms with Crippen molar-refractivity contribution in [3.8, 4) is 0 Å². The van der Waals surface area contributed by atoms with Crippen LogP contribution in [0, 0.1) is 0 Å². The van der Waals surface area contributed by atoms with Crippen LogP contribution in [0.2, 0.25) is 0 Å². The summed E-state index contributed by atoms with van der Waals surface area (Å²) in [7, 11) is -10.5. The summed E-state index contributed by atoms with van der Waals surface area (Å²) < 4.78 is 44.3. The lowest BCUT2D eigenvalue weighted by atomic mass is 10.1. The van der Waals surface area contributed by atoms with Gasteiger partial charge in [0.05, 0.1) is 19.0 Å². The van der Waals surface area contributed by atoms with Crippen molar-refractivity contribution in [2.75, 3.05) is 18.9 Å². The van der Waals surface area contributed by atoms with Crippen molar-refractivity contribution < 1.29 is 57.4 Å². The molecule has 0 aromatic carbocycles. The lowest BCUT2D eigenvalue weighted by Gasteiger charge is -2.22. The van der Waals surface area contributed by atoms with Gasteiger partial charge in [-0.1, -0.05) is 0 Å². The molecule has 2 saturated heterocycles. The Balaban J connectivity index is 1.38. The van der Waals surface area contributed by atoms with E-state index in [1.807, 2.05) is 0 Å². The molecule has 4 rings (SSSR count). The minimum absolute atomic E-state index is 0.0699. The summed E-state index contributed by atoms with van der Waals surface area (Å²) >= 11 is 0. The van der Waals surface area contributed by atoms with Crippen LogP contribution in [0.3, 0.4) is 0 Å². The minimum atomic E-state index is -5.27. The standard InChI is InChI=1S/C14H22N6O12P2/c15-11-7-12(18-3-17-11)20(4-19-7)14-10(24)9(23)6(30-14)2-29-33(25,26)32-34(27,28)31-13-8(22)5(21)1-16-13/h3-6,8-10,13-14,16,21-24H,1-2H2,(H,25,26)(H,27,28)(H2,15,17,18)/t5?,6-,8?,9-,10-,13?,14-/m1/s1. The maximum atomic E-state index is 12.1. The molecule has 34 heavy (non-hydrogen) atoms. The Morgan fingerprint density at radius 2 is 1.85 bits per heavy atom. The number of rotatable bonds is 8. The van der Waals surface area contributed by atoms with Crippen LogP contribution in [0.5, 0.6) is 0 Å². The molecule has 2 aromatic rings. The highest BCUT2D eigenvalue weighted by atomic mass is 31.3. The first-order chi connectivity index (χ1) is 15.9. The number of nitrogen functional groups attached to an aromatic ring is 1. The molecule has 9 N–H and O–H groups in total. The van der Waals surface area contributed by atoms with Crippen molar-refractivity contribution in [3.63, 3.8) is 0 Å². The molecule has 5 unspecified atom stereocenters. The maximum Gasteiger partial charge on any atom is 0.482 e. The molecule has 0 bridgehead atoms. The fourth-order valence-electron chi connectivity index (χ4n) is 3.42. The Hall–Kier alpha value is -1.63. The van der Waals surface area contributed by atoms with Crippen molar-refractivity contribution in [3.05, 3.63) is 12.7 Å². The van der Waals surface area contributed by atoms with Crippen molar-refractivity contribution in [2.45, 2.75) is 43.0 Å². The third kappa shape index (κ3) is 5.14. The number of hydrogen-bond donors (Lipinski definition) is 8. The smallest absolute Gasteiger partial charge is 0.389 e. The average molecular weight is 528 g/mol. The lowest BCUT2D eigenvalue weighted by molar-refractivity contribution is -0.0510. The topological polar surface area (TPSA) is 274 Å². The molecule has 2 aliphatic heterocycles. The quantitative estimate of drug-likeness (QED) is 0.158. The minimum Gasteiger partial charge on any atom is -0.389 e. The van der Waals surface area contributed by atoms with E-state index in [2.05, 4.69) is 33.6 Å².